The van der Waals surface area contributed by atoms with E-state index in [1.807, 2.05) is 18.2 Å². The lowest BCUT2D eigenvalue weighted by Crippen LogP contribution is -2.40. The Balaban J connectivity index is 2.31. The molecule has 0 amide bonds. The van der Waals surface area contributed by atoms with Gasteiger partial charge in [-0.15, -0.1) is 0 Å². The molecule has 0 radical (unpaired) electrons. The topological polar surface area (TPSA) is 46.2 Å². The number of aliphatic hydroxyl groups is 1. The van der Waals surface area contributed by atoms with Crippen molar-refractivity contribution < 1.29 is 5.11 Å². The number of aliphatic hydroxyl groups excluding tert-OH is 1. The first-order valence-electron chi connectivity index (χ1n) is 5.91. The minimum atomic E-state index is -0.183. The van der Waals surface area contributed by atoms with Crippen LogP contribution in [0.2, 0.25) is 10.0 Å². The number of halogens is 2. The average molecular weight is 274 g/mol. The van der Waals surface area contributed by atoms with E-state index in [0.717, 1.165) is 31.2 Å². The minimum Gasteiger partial charge on any atom is -0.393 e. The largest absolute Gasteiger partial charge is 0.393 e. The molecule has 2 nitrogen and oxygen atoms in total. The van der Waals surface area contributed by atoms with Gasteiger partial charge in [-0.05, 0) is 43.4 Å². The second-order valence-corrected chi connectivity index (χ2v) is 5.66. The number of hydrogen-bond donors (Lipinski definition) is 2. The van der Waals surface area contributed by atoms with Gasteiger partial charge in [0.25, 0.3) is 0 Å². The summed E-state index contributed by atoms with van der Waals surface area (Å²) in [6.07, 6.45) is 3.23. The van der Waals surface area contributed by atoms with Crippen LogP contribution in [0.1, 0.15) is 31.2 Å². The smallest absolute Gasteiger partial charge is 0.0595 e. The third kappa shape index (κ3) is 2.60. The van der Waals surface area contributed by atoms with Crippen molar-refractivity contribution in [3.63, 3.8) is 0 Å². The van der Waals surface area contributed by atoms with Crippen molar-refractivity contribution >= 4 is 23.2 Å². The molecule has 1 aliphatic rings. The number of hydrogen-bond acceptors (Lipinski definition) is 2. The zero-order valence-electron chi connectivity index (χ0n) is 9.63. The fourth-order valence-corrected chi connectivity index (χ4v) is 2.89. The molecule has 0 aromatic heterocycles. The van der Waals surface area contributed by atoms with Crippen LogP contribution in [0, 0.1) is 0 Å². The highest BCUT2D eigenvalue weighted by Crippen LogP contribution is 2.40. The molecule has 1 fully saturated rings. The van der Waals surface area contributed by atoms with E-state index in [0.29, 0.717) is 16.6 Å². The third-order valence-corrected chi connectivity index (χ3v) is 4.57. The van der Waals surface area contributed by atoms with Gasteiger partial charge >= 0.3 is 0 Å². The van der Waals surface area contributed by atoms with Crippen LogP contribution in [-0.4, -0.2) is 17.8 Å². The van der Waals surface area contributed by atoms with Crippen molar-refractivity contribution in [3.05, 3.63) is 33.8 Å². The Kier molecular flexibility index (Phi) is 3.99. The van der Waals surface area contributed by atoms with Crippen LogP contribution in [0.25, 0.3) is 0 Å². The van der Waals surface area contributed by atoms with Gasteiger partial charge in [-0.1, -0.05) is 29.3 Å². The van der Waals surface area contributed by atoms with Gasteiger partial charge in [0.2, 0.25) is 0 Å². The van der Waals surface area contributed by atoms with Gasteiger partial charge in [0.1, 0.15) is 0 Å². The third-order valence-electron chi connectivity index (χ3n) is 3.83. The van der Waals surface area contributed by atoms with Crippen LogP contribution in [0.4, 0.5) is 0 Å². The van der Waals surface area contributed by atoms with E-state index in [1.165, 1.54) is 0 Å². The van der Waals surface area contributed by atoms with E-state index in [2.05, 4.69) is 0 Å². The molecule has 0 bridgehead atoms. The molecule has 17 heavy (non-hydrogen) atoms. The summed E-state index contributed by atoms with van der Waals surface area (Å²) >= 11 is 12.0. The van der Waals surface area contributed by atoms with Gasteiger partial charge in [-0.25, -0.2) is 0 Å². The first-order valence-corrected chi connectivity index (χ1v) is 6.67. The van der Waals surface area contributed by atoms with E-state index in [9.17, 15) is 5.11 Å². The quantitative estimate of drug-likeness (QED) is 0.870. The summed E-state index contributed by atoms with van der Waals surface area (Å²) in [7, 11) is 0. The highest BCUT2D eigenvalue weighted by atomic mass is 35.5. The van der Waals surface area contributed by atoms with Crippen molar-refractivity contribution in [2.45, 2.75) is 37.2 Å². The lowest BCUT2D eigenvalue weighted by atomic mass is 9.69. The summed E-state index contributed by atoms with van der Waals surface area (Å²) < 4.78 is 0. The summed E-state index contributed by atoms with van der Waals surface area (Å²) in [4.78, 5) is 0. The van der Waals surface area contributed by atoms with E-state index in [4.69, 9.17) is 28.9 Å². The van der Waals surface area contributed by atoms with E-state index in [-0.39, 0.29) is 11.5 Å². The van der Waals surface area contributed by atoms with Crippen LogP contribution in [0.5, 0.6) is 0 Å². The second kappa shape index (κ2) is 5.15. The number of nitrogens with two attached hydrogens (primary N) is 1. The van der Waals surface area contributed by atoms with Crippen molar-refractivity contribution in [1.29, 1.82) is 0 Å². The van der Waals surface area contributed by atoms with Gasteiger partial charge in [0.05, 0.1) is 16.1 Å². The average Bonchev–Trinajstić information content (AvgIpc) is 2.34. The second-order valence-electron chi connectivity index (χ2n) is 4.84. The molecule has 1 aromatic rings. The van der Waals surface area contributed by atoms with Crippen LogP contribution in [0.3, 0.4) is 0 Å². The first kappa shape index (κ1) is 13.2. The highest BCUT2D eigenvalue weighted by Gasteiger charge is 2.35. The van der Waals surface area contributed by atoms with Crippen LogP contribution >= 0.6 is 23.2 Å². The summed E-state index contributed by atoms with van der Waals surface area (Å²) in [5.74, 6) is 0. The normalized spacial score (nSPS) is 29.3. The maximum Gasteiger partial charge on any atom is 0.0595 e. The molecule has 3 N–H and O–H groups in total. The predicted molar refractivity (Wildman–Crippen MR) is 71.7 cm³/mol. The monoisotopic (exact) mass is 273 g/mol. The molecule has 1 aliphatic carbocycles. The Morgan fingerprint density at radius 1 is 1.24 bits per heavy atom. The van der Waals surface area contributed by atoms with Gasteiger partial charge in [0.15, 0.2) is 0 Å². The minimum absolute atomic E-state index is 0.0482. The lowest BCUT2D eigenvalue weighted by molar-refractivity contribution is 0.0975. The van der Waals surface area contributed by atoms with E-state index >= 15 is 0 Å². The lowest BCUT2D eigenvalue weighted by Gasteiger charge is -2.38. The van der Waals surface area contributed by atoms with Gasteiger partial charge in [-0.2, -0.15) is 0 Å². The van der Waals surface area contributed by atoms with Gasteiger partial charge in [-0.3, -0.25) is 0 Å². The molecular weight excluding hydrogens is 257 g/mol. The van der Waals surface area contributed by atoms with Gasteiger partial charge in [0, 0.05) is 12.0 Å². The molecule has 0 heterocycles. The molecule has 2 rings (SSSR count). The molecule has 0 aliphatic heterocycles. The van der Waals surface area contributed by atoms with E-state index < -0.39 is 0 Å². The van der Waals surface area contributed by atoms with Crippen molar-refractivity contribution in [2.24, 2.45) is 5.73 Å². The SMILES string of the molecule is NCC1(c2ccc(Cl)c(Cl)c2)CCC(O)CC1. The molecule has 0 atom stereocenters. The standard InChI is InChI=1S/C13H17Cl2NO/c14-11-2-1-9(7-12(11)15)13(8-16)5-3-10(17)4-6-13/h1-2,7,10,17H,3-6,8,16H2. The maximum atomic E-state index is 9.59. The summed E-state index contributed by atoms with van der Waals surface area (Å²) in [5.41, 5.74) is 7.04. The summed E-state index contributed by atoms with van der Waals surface area (Å²) in [5, 5.41) is 10.7. The Morgan fingerprint density at radius 2 is 1.88 bits per heavy atom. The predicted octanol–water partition coefficient (Wildman–Crippen LogP) is 3.12. The molecular formula is C13H17Cl2NO. The Bertz CT molecular complexity index is 400. The molecule has 1 aromatic carbocycles. The van der Waals surface area contributed by atoms with Crippen LogP contribution in [0.15, 0.2) is 18.2 Å². The first-order chi connectivity index (χ1) is 8.07. The number of rotatable bonds is 2. The molecule has 0 spiro atoms. The van der Waals surface area contributed by atoms with Crippen molar-refractivity contribution in [1.82, 2.24) is 0 Å². The summed E-state index contributed by atoms with van der Waals surface area (Å²) in [6.45, 7) is 0.581. The summed E-state index contributed by atoms with van der Waals surface area (Å²) in [6, 6.07) is 5.73. The van der Waals surface area contributed by atoms with Crippen molar-refractivity contribution in [2.75, 3.05) is 6.54 Å². The number of benzene rings is 1. The highest BCUT2D eigenvalue weighted by molar-refractivity contribution is 6.42. The molecule has 94 valence electrons. The zero-order valence-corrected chi connectivity index (χ0v) is 11.1. The molecule has 1 saturated carbocycles. The van der Waals surface area contributed by atoms with Crippen LogP contribution < -0.4 is 5.73 Å². The fraction of sp³-hybridized carbons (Fsp3) is 0.538. The van der Waals surface area contributed by atoms with E-state index in [1.54, 1.807) is 0 Å². The Morgan fingerprint density at radius 3 is 2.41 bits per heavy atom. The molecule has 0 saturated heterocycles. The van der Waals surface area contributed by atoms with Crippen LogP contribution in [-0.2, 0) is 5.41 Å². The van der Waals surface area contributed by atoms with Gasteiger partial charge < -0.3 is 10.8 Å². The molecule has 0 unspecified atom stereocenters. The fourth-order valence-electron chi connectivity index (χ4n) is 2.59. The zero-order chi connectivity index (χ0) is 12.5. The Hall–Kier alpha value is -0.280. The Labute approximate surface area is 112 Å². The van der Waals surface area contributed by atoms with Crippen molar-refractivity contribution in [3.8, 4) is 0 Å². The molecule has 4 heteroatoms. The maximum absolute atomic E-state index is 9.59.